The van der Waals surface area contributed by atoms with Crippen molar-refractivity contribution in [3.63, 3.8) is 0 Å². The van der Waals surface area contributed by atoms with Crippen molar-refractivity contribution in [3.05, 3.63) is 35.4 Å². The molecule has 1 amide bonds. The lowest BCUT2D eigenvalue weighted by atomic mass is 9.97. The summed E-state index contributed by atoms with van der Waals surface area (Å²) in [6.07, 6.45) is 2.26. The Labute approximate surface area is 144 Å². The second-order valence-electron chi connectivity index (χ2n) is 7.04. The Kier molecular flexibility index (Phi) is 6.78. The van der Waals surface area contributed by atoms with Gasteiger partial charge in [0.05, 0.1) is 18.3 Å². The number of hydrogen-bond donors (Lipinski definition) is 1. The first kappa shape index (κ1) is 18.9. The number of methoxy groups -OCH3 is 1. The van der Waals surface area contributed by atoms with Gasteiger partial charge in [-0.25, -0.2) is 0 Å². The van der Waals surface area contributed by atoms with Crippen molar-refractivity contribution in [2.75, 3.05) is 33.4 Å². The minimum absolute atomic E-state index is 0.0426. The lowest BCUT2D eigenvalue weighted by molar-refractivity contribution is -0.0332. The van der Waals surface area contributed by atoms with Crippen LogP contribution in [-0.2, 0) is 15.9 Å². The molecule has 1 fully saturated rings. The van der Waals surface area contributed by atoms with E-state index < -0.39 is 5.60 Å². The molecule has 5 nitrogen and oxygen atoms in total. The average molecular weight is 335 g/mol. The second kappa shape index (κ2) is 8.60. The van der Waals surface area contributed by atoms with Gasteiger partial charge in [0.25, 0.3) is 5.91 Å². The highest BCUT2D eigenvalue weighted by Gasteiger charge is 2.25. The summed E-state index contributed by atoms with van der Waals surface area (Å²) >= 11 is 0. The topological polar surface area (TPSA) is 59.0 Å². The molecule has 0 bridgehead atoms. The summed E-state index contributed by atoms with van der Waals surface area (Å²) < 4.78 is 10.8. The van der Waals surface area contributed by atoms with Crippen molar-refractivity contribution in [2.45, 2.75) is 44.8 Å². The summed E-state index contributed by atoms with van der Waals surface area (Å²) in [5.41, 5.74) is 1.08. The van der Waals surface area contributed by atoms with E-state index in [-0.39, 0.29) is 12.0 Å². The number of amides is 1. The summed E-state index contributed by atoms with van der Waals surface area (Å²) in [6.45, 7) is 6.04. The Morgan fingerprint density at radius 1 is 1.46 bits per heavy atom. The van der Waals surface area contributed by atoms with Crippen LogP contribution in [0.25, 0.3) is 0 Å². The third-order valence-electron chi connectivity index (χ3n) is 4.27. The summed E-state index contributed by atoms with van der Waals surface area (Å²) in [5.74, 6) is 0.0471. The van der Waals surface area contributed by atoms with Crippen LogP contribution in [0, 0.1) is 0 Å². The Morgan fingerprint density at radius 2 is 2.25 bits per heavy atom. The number of hydrogen-bond acceptors (Lipinski definition) is 4. The van der Waals surface area contributed by atoms with E-state index >= 15 is 0 Å². The first-order valence-electron chi connectivity index (χ1n) is 8.60. The van der Waals surface area contributed by atoms with Crippen molar-refractivity contribution < 1.29 is 19.4 Å². The molecule has 0 spiro atoms. The van der Waals surface area contributed by atoms with E-state index in [0.717, 1.165) is 18.4 Å². The number of benzene rings is 1. The van der Waals surface area contributed by atoms with Gasteiger partial charge < -0.3 is 19.5 Å². The molecule has 24 heavy (non-hydrogen) atoms. The molecule has 1 saturated heterocycles. The number of morpholine rings is 1. The van der Waals surface area contributed by atoms with Gasteiger partial charge in [0.1, 0.15) is 0 Å². The highest BCUT2D eigenvalue weighted by atomic mass is 16.5. The van der Waals surface area contributed by atoms with Gasteiger partial charge in [-0.15, -0.1) is 0 Å². The molecule has 5 heteroatoms. The summed E-state index contributed by atoms with van der Waals surface area (Å²) in [6, 6.07) is 7.71. The van der Waals surface area contributed by atoms with Gasteiger partial charge >= 0.3 is 0 Å². The molecule has 1 aliphatic heterocycles. The SMILES string of the molecule is COCCC1CN(C(=O)c2cccc(CCC(C)(C)O)c2)CCO1. The maximum Gasteiger partial charge on any atom is 0.254 e. The van der Waals surface area contributed by atoms with E-state index in [1.807, 2.05) is 29.2 Å². The molecule has 0 radical (unpaired) electrons. The summed E-state index contributed by atoms with van der Waals surface area (Å²) in [7, 11) is 1.67. The molecule has 1 heterocycles. The first-order valence-corrected chi connectivity index (χ1v) is 8.60. The highest BCUT2D eigenvalue weighted by molar-refractivity contribution is 5.94. The van der Waals surface area contributed by atoms with Crippen molar-refractivity contribution in [2.24, 2.45) is 0 Å². The van der Waals surface area contributed by atoms with Gasteiger partial charge in [-0.05, 0) is 50.8 Å². The van der Waals surface area contributed by atoms with Gasteiger partial charge in [0.15, 0.2) is 0 Å². The van der Waals surface area contributed by atoms with E-state index in [4.69, 9.17) is 9.47 Å². The molecule has 1 aliphatic rings. The van der Waals surface area contributed by atoms with E-state index in [0.29, 0.717) is 38.3 Å². The maximum atomic E-state index is 12.8. The molecular weight excluding hydrogens is 306 g/mol. The zero-order chi connectivity index (χ0) is 17.6. The fourth-order valence-corrected chi connectivity index (χ4v) is 2.82. The van der Waals surface area contributed by atoms with Crippen LogP contribution in [0.4, 0.5) is 0 Å². The van der Waals surface area contributed by atoms with E-state index in [2.05, 4.69) is 0 Å². The van der Waals surface area contributed by atoms with E-state index in [1.54, 1.807) is 21.0 Å². The number of rotatable bonds is 7. The molecule has 2 rings (SSSR count). The highest BCUT2D eigenvalue weighted by Crippen LogP contribution is 2.17. The predicted molar refractivity (Wildman–Crippen MR) is 93.2 cm³/mol. The number of aliphatic hydroxyl groups is 1. The van der Waals surface area contributed by atoms with Gasteiger partial charge in [0, 0.05) is 32.4 Å². The first-order chi connectivity index (χ1) is 11.4. The van der Waals surface area contributed by atoms with Gasteiger partial charge in [-0.3, -0.25) is 4.79 Å². The molecule has 1 aromatic carbocycles. The fourth-order valence-electron chi connectivity index (χ4n) is 2.82. The molecule has 0 aliphatic carbocycles. The standard InChI is InChI=1S/C19H29NO4/c1-19(2,22)9-7-15-5-4-6-16(13-15)18(21)20-10-12-24-17(14-20)8-11-23-3/h4-6,13,17,22H,7-12,14H2,1-3H3. The molecule has 134 valence electrons. The summed E-state index contributed by atoms with van der Waals surface area (Å²) in [5, 5.41) is 9.86. The number of carbonyl (C=O) groups excluding carboxylic acids is 1. The Bertz CT molecular complexity index is 538. The monoisotopic (exact) mass is 335 g/mol. The third kappa shape index (κ3) is 5.89. The average Bonchev–Trinajstić information content (AvgIpc) is 2.57. The molecule has 1 aromatic rings. The lowest BCUT2D eigenvalue weighted by Crippen LogP contribution is -2.46. The fraction of sp³-hybridized carbons (Fsp3) is 0.632. The number of carbonyl (C=O) groups is 1. The lowest BCUT2D eigenvalue weighted by Gasteiger charge is -2.33. The zero-order valence-electron chi connectivity index (χ0n) is 15.0. The molecule has 1 N–H and O–H groups in total. The van der Waals surface area contributed by atoms with Crippen molar-refractivity contribution in [1.29, 1.82) is 0 Å². The van der Waals surface area contributed by atoms with E-state index in [9.17, 15) is 9.90 Å². The third-order valence-corrected chi connectivity index (χ3v) is 4.27. The minimum Gasteiger partial charge on any atom is -0.390 e. The van der Waals surface area contributed by atoms with Crippen molar-refractivity contribution >= 4 is 5.91 Å². The molecule has 0 aromatic heterocycles. The van der Waals surface area contributed by atoms with Crippen LogP contribution in [0.2, 0.25) is 0 Å². The molecular formula is C19H29NO4. The number of aryl methyl sites for hydroxylation is 1. The molecule has 0 saturated carbocycles. The van der Waals surface area contributed by atoms with Crippen LogP contribution in [0.5, 0.6) is 0 Å². The van der Waals surface area contributed by atoms with Crippen molar-refractivity contribution in [1.82, 2.24) is 4.90 Å². The van der Waals surface area contributed by atoms with E-state index in [1.165, 1.54) is 0 Å². The van der Waals surface area contributed by atoms with Gasteiger partial charge in [-0.1, -0.05) is 12.1 Å². The van der Waals surface area contributed by atoms with Gasteiger partial charge in [0.2, 0.25) is 0 Å². The quantitative estimate of drug-likeness (QED) is 0.830. The zero-order valence-corrected chi connectivity index (χ0v) is 15.0. The normalized spacial score (nSPS) is 18.7. The van der Waals surface area contributed by atoms with Crippen LogP contribution in [0.1, 0.15) is 42.6 Å². The number of nitrogens with zero attached hydrogens (tertiary/aromatic N) is 1. The van der Waals surface area contributed by atoms with Crippen LogP contribution >= 0.6 is 0 Å². The molecule has 1 unspecified atom stereocenters. The smallest absolute Gasteiger partial charge is 0.254 e. The Hall–Kier alpha value is -1.43. The maximum absolute atomic E-state index is 12.8. The predicted octanol–water partition coefficient (Wildman–Crippen LogP) is 2.27. The Morgan fingerprint density at radius 3 is 2.96 bits per heavy atom. The van der Waals surface area contributed by atoms with Crippen LogP contribution in [0.3, 0.4) is 0 Å². The van der Waals surface area contributed by atoms with Crippen LogP contribution in [-0.4, -0.2) is 61.0 Å². The van der Waals surface area contributed by atoms with Crippen LogP contribution < -0.4 is 0 Å². The largest absolute Gasteiger partial charge is 0.390 e. The van der Waals surface area contributed by atoms with Crippen molar-refractivity contribution in [3.8, 4) is 0 Å². The summed E-state index contributed by atoms with van der Waals surface area (Å²) in [4.78, 5) is 14.6. The minimum atomic E-state index is -0.696. The second-order valence-corrected chi connectivity index (χ2v) is 7.04. The van der Waals surface area contributed by atoms with Crippen LogP contribution in [0.15, 0.2) is 24.3 Å². The van der Waals surface area contributed by atoms with Gasteiger partial charge in [-0.2, -0.15) is 0 Å². The molecule has 1 atom stereocenters. The number of ether oxygens (including phenoxy) is 2. The Balaban J connectivity index is 1.98.